The number of aromatic carboxylic acids is 1. The molecule has 0 amide bonds. The van der Waals surface area contributed by atoms with E-state index in [2.05, 4.69) is 4.98 Å². The molecule has 2 aromatic heterocycles. The second kappa shape index (κ2) is 5.83. The standard InChI is InChI=1S/C14H12N2O3.Na/c1-2-19-12-7-13-15-10(14(17)18)8-16(13)11-6-4-3-5-9(11)12;/h3-8H,2H2,1H3,(H,17,18);/q;+1/p-1. The molecule has 6 heteroatoms. The van der Waals surface area contributed by atoms with Gasteiger partial charge >= 0.3 is 29.6 Å². The van der Waals surface area contributed by atoms with Gasteiger partial charge in [0.1, 0.15) is 17.1 Å². The zero-order valence-corrected chi connectivity index (χ0v) is 13.3. The molecule has 3 aromatic rings. The first-order chi connectivity index (χ1) is 9.20. The summed E-state index contributed by atoms with van der Waals surface area (Å²) in [5.41, 5.74) is 1.30. The fourth-order valence-electron chi connectivity index (χ4n) is 2.15. The van der Waals surface area contributed by atoms with Crippen LogP contribution >= 0.6 is 0 Å². The maximum Gasteiger partial charge on any atom is 1.00 e. The number of aromatic nitrogens is 2. The van der Waals surface area contributed by atoms with Crippen LogP contribution in [0, 0.1) is 0 Å². The molecule has 20 heavy (non-hydrogen) atoms. The monoisotopic (exact) mass is 278 g/mol. The Hall–Kier alpha value is -1.56. The normalized spacial score (nSPS) is 10.4. The van der Waals surface area contributed by atoms with E-state index >= 15 is 0 Å². The predicted molar refractivity (Wildman–Crippen MR) is 68.2 cm³/mol. The van der Waals surface area contributed by atoms with Crippen LogP contribution in [0.2, 0.25) is 0 Å². The molecule has 0 N–H and O–H groups in total. The van der Waals surface area contributed by atoms with E-state index in [4.69, 9.17) is 4.74 Å². The molecule has 3 rings (SSSR count). The smallest absolute Gasteiger partial charge is 0.543 e. The first-order valence-electron chi connectivity index (χ1n) is 5.95. The van der Waals surface area contributed by atoms with Crippen molar-refractivity contribution in [1.29, 1.82) is 0 Å². The zero-order chi connectivity index (χ0) is 13.4. The molecule has 0 spiro atoms. The van der Waals surface area contributed by atoms with Gasteiger partial charge in [0.05, 0.1) is 18.1 Å². The van der Waals surface area contributed by atoms with Crippen molar-refractivity contribution in [2.75, 3.05) is 6.61 Å². The number of nitrogens with zero attached hydrogens (tertiary/aromatic N) is 2. The van der Waals surface area contributed by atoms with E-state index in [9.17, 15) is 9.90 Å². The summed E-state index contributed by atoms with van der Waals surface area (Å²) >= 11 is 0. The quantitative estimate of drug-likeness (QED) is 0.533. The Morgan fingerprint density at radius 1 is 1.40 bits per heavy atom. The number of carboxylic acids is 1. The summed E-state index contributed by atoms with van der Waals surface area (Å²) in [4.78, 5) is 14.9. The topological polar surface area (TPSA) is 66.7 Å². The third-order valence-electron chi connectivity index (χ3n) is 2.93. The Morgan fingerprint density at radius 3 is 2.85 bits per heavy atom. The molecule has 96 valence electrons. The molecule has 0 fully saturated rings. The Kier molecular flexibility index (Phi) is 4.32. The largest absolute Gasteiger partial charge is 1.00 e. The summed E-state index contributed by atoms with van der Waals surface area (Å²) in [7, 11) is 0. The molecule has 0 saturated carbocycles. The third kappa shape index (κ3) is 2.40. The molecule has 0 unspecified atom stereocenters. The van der Waals surface area contributed by atoms with E-state index in [1.54, 1.807) is 10.5 Å². The van der Waals surface area contributed by atoms with Gasteiger partial charge < -0.3 is 14.6 Å². The molecule has 0 aliphatic rings. The van der Waals surface area contributed by atoms with Crippen molar-refractivity contribution < 1.29 is 44.2 Å². The van der Waals surface area contributed by atoms with Crippen LogP contribution in [0.15, 0.2) is 36.5 Å². The van der Waals surface area contributed by atoms with E-state index < -0.39 is 5.97 Å². The molecule has 0 aliphatic heterocycles. The first kappa shape index (κ1) is 14.8. The summed E-state index contributed by atoms with van der Waals surface area (Å²) in [5, 5.41) is 11.8. The Bertz CT molecular complexity index is 783. The van der Waals surface area contributed by atoms with Crippen LogP contribution in [0.25, 0.3) is 16.6 Å². The molecule has 5 nitrogen and oxygen atoms in total. The number of carbonyl (C=O) groups excluding carboxylic acids is 1. The summed E-state index contributed by atoms with van der Waals surface area (Å²) in [6.45, 7) is 2.44. The van der Waals surface area contributed by atoms with Gasteiger partial charge in [-0.15, -0.1) is 0 Å². The maximum absolute atomic E-state index is 10.9. The minimum atomic E-state index is -1.29. The van der Waals surface area contributed by atoms with Gasteiger partial charge in [0.2, 0.25) is 0 Å². The summed E-state index contributed by atoms with van der Waals surface area (Å²) in [6.07, 6.45) is 1.46. The summed E-state index contributed by atoms with van der Waals surface area (Å²) in [5.74, 6) is -0.591. The van der Waals surface area contributed by atoms with Crippen LogP contribution in [-0.4, -0.2) is 22.0 Å². The number of imidazole rings is 1. The molecule has 0 aliphatic carbocycles. The molecule has 0 bridgehead atoms. The van der Waals surface area contributed by atoms with Gasteiger partial charge in [-0.1, -0.05) is 12.1 Å². The fraction of sp³-hybridized carbons (Fsp3) is 0.143. The number of fused-ring (bicyclic) bond motifs is 3. The molecular formula is C14H11N2NaO3. The van der Waals surface area contributed by atoms with Gasteiger partial charge in [0.25, 0.3) is 0 Å². The van der Waals surface area contributed by atoms with E-state index in [1.807, 2.05) is 31.2 Å². The predicted octanol–water partition coefficient (Wildman–Crippen LogP) is -1.75. The molecule has 1 aromatic carbocycles. The number of hydrogen-bond donors (Lipinski definition) is 0. The number of carboxylic acid groups (broad SMARTS) is 1. The van der Waals surface area contributed by atoms with Crippen LogP contribution in [0.4, 0.5) is 0 Å². The molecule has 0 saturated heterocycles. The SMILES string of the molecule is CCOc1cc2nc(C(=O)[O-])cn2c2ccccc12.[Na+]. The van der Waals surface area contributed by atoms with Crippen LogP contribution < -0.4 is 39.4 Å². The summed E-state index contributed by atoms with van der Waals surface area (Å²) in [6, 6.07) is 9.35. The van der Waals surface area contributed by atoms with Crippen molar-refractivity contribution >= 4 is 22.5 Å². The molecule has 0 atom stereocenters. The summed E-state index contributed by atoms with van der Waals surface area (Å²) < 4.78 is 7.31. The minimum Gasteiger partial charge on any atom is -0.543 e. The van der Waals surface area contributed by atoms with Crippen LogP contribution in [0.1, 0.15) is 17.4 Å². The second-order valence-corrected chi connectivity index (χ2v) is 4.10. The fourth-order valence-corrected chi connectivity index (χ4v) is 2.15. The number of para-hydroxylation sites is 1. The van der Waals surface area contributed by atoms with Crippen molar-refractivity contribution in [3.63, 3.8) is 0 Å². The van der Waals surface area contributed by atoms with Crippen molar-refractivity contribution in [3.05, 3.63) is 42.2 Å². The number of rotatable bonds is 3. The Balaban J connectivity index is 0.00000147. The van der Waals surface area contributed by atoms with Gasteiger partial charge in [0, 0.05) is 17.6 Å². The number of benzene rings is 1. The molecule has 2 heterocycles. The van der Waals surface area contributed by atoms with E-state index in [-0.39, 0.29) is 35.3 Å². The second-order valence-electron chi connectivity index (χ2n) is 4.10. The van der Waals surface area contributed by atoms with Gasteiger partial charge in [-0.25, -0.2) is 4.98 Å². The van der Waals surface area contributed by atoms with Crippen molar-refractivity contribution in [3.8, 4) is 5.75 Å². The van der Waals surface area contributed by atoms with Gasteiger partial charge in [0.15, 0.2) is 0 Å². The average molecular weight is 278 g/mol. The van der Waals surface area contributed by atoms with E-state index in [1.165, 1.54) is 6.20 Å². The Labute approximate surface area is 137 Å². The Morgan fingerprint density at radius 2 is 2.15 bits per heavy atom. The van der Waals surface area contributed by atoms with Crippen LogP contribution in [0.3, 0.4) is 0 Å². The number of carbonyl (C=O) groups is 1. The van der Waals surface area contributed by atoms with Gasteiger partial charge in [-0.05, 0) is 19.1 Å². The van der Waals surface area contributed by atoms with E-state index in [0.717, 1.165) is 10.9 Å². The molecular weight excluding hydrogens is 267 g/mol. The van der Waals surface area contributed by atoms with E-state index in [0.29, 0.717) is 18.0 Å². The maximum atomic E-state index is 10.9. The van der Waals surface area contributed by atoms with Gasteiger partial charge in [-0.2, -0.15) is 0 Å². The van der Waals surface area contributed by atoms with Crippen LogP contribution in [-0.2, 0) is 0 Å². The van der Waals surface area contributed by atoms with Crippen LogP contribution in [0.5, 0.6) is 5.75 Å². The number of hydrogen-bond acceptors (Lipinski definition) is 4. The first-order valence-corrected chi connectivity index (χ1v) is 5.95. The van der Waals surface area contributed by atoms with Crippen molar-refractivity contribution in [2.24, 2.45) is 0 Å². The number of pyridine rings is 1. The zero-order valence-electron chi connectivity index (χ0n) is 11.3. The van der Waals surface area contributed by atoms with Gasteiger partial charge in [-0.3, -0.25) is 4.40 Å². The molecule has 0 radical (unpaired) electrons. The number of ether oxygens (including phenoxy) is 1. The minimum absolute atomic E-state index is 0. The van der Waals surface area contributed by atoms with Crippen molar-refractivity contribution in [2.45, 2.75) is 6.92 Å². The average Bonchev–Trinajstić information content (AvgIpc) is 2.83. The van der Waals surface area contributed by atoms with Crippen molar-refractivity contribution in [1.82, 2.24) is 9.38 Å². The third-order valence-corrected chi connectivity index (χ3v) is 2.93.